The number of rotatable bonds is 5. The highest BCUT2D eigenvalue weighted by Gasteiger charge is 2.27. The molecule has 0 radical (unpaired) electrons. The van der Waals surface area contributed by atoms with E-state index in [2.05, 4.69) is 20.6 Å². The summed E-state index contributed by atoms with van der Waals surface area (Å²) in [7, 11) is 0. The summed E-state index contributed by atoms with van der Waals surface area (Å²) >= 11 is 0. The van der Waals surface area contributed by atoms with Crippen molar-refractivity contribution in [1.29, 1.82) is 0 Å². The zero-order chi connectivity index (χ0) is 19.0. The van der Waals surface area contributed by atoms with E-state index in [1.54, 1.807) is 28.9 Å². The highest BCUT2D eigenvalue weighted by atomic mass is 19.1. The number of imidazole rings is 1. The van der Waals surface area contributed by atoms with Crippen molar-refractivity contribution < 1.29 is 13.5 Å². The fraction of sp³-hybridized carbons (Fsp3) is 0.368. The number of alkyl halides is 1. The number of anilines is 1. The first-order valence-electron chi connectivity index (χ1n) is 8.93. The van der Waals surface area contributed by atoms with Gasteiger partial charge in [0.1, 0.15) is 29.1 Å². The van der Waals surface area contributed by atoms with Gasteiger partial charge < -0.3 is 15.4 Å². The topological polar surface area (TPSA) is 63.5 Å². The van der Waals surface area contributed by atoms with Crippen LogP contribution in [0.2, 0.25) is 0 Å². The van der Waals surface area contributed by atoms with Gasteiger partial charge in [-0.2, -0.15) is 0 Å². The average Bonchev–Trinajstić information content (AvgIpc) is 3.22. The van der Waals surface area contributed by atoms with Crippen LogP contribution in [0.15, 0.2) is 36.7 Å². The van der Waals surface area contributed by atoms with Gasteiger partial charge in [0.05, 0.1) is 24.0 Å². The zero-order valence-corrected chi connectivity index (χ0v) is 15.1. The summed E-state index contributed by atoms with van der Waals surface area (Å²) in [5.41, 5.74) is 1.31. The van der Waals surface area contributed by atoms with Crippen LogP contribution in [0.5, 0.6) is 5.75 Å². The van der Waals surface area contributed by atoms with Gasteiger partial charge in [-0.3, -0.25) is 4.40 Å². The normalized spacial score (nSPS) is 19.7. The van der Waals surface area contributed by atoms with E-state index < -0.39 is 12.0 Å². The maximum absolute atomic E-state index is 14.5. The Balaban J connectivity index is 1.67. The monoisotopic (exact) mass is 373 g/mol. The van der Waals surface area contributed by atoms with Crippen molar-refractivity contribution in [3.8, 4) is 17.1 Å². The van der Waals surface area contributed by atoms with E-state index >= 15 is 0 Å². The van der Waals surface area contributed by atoms with Crippen LogP contribution in [0, 0.1) is 5.82 Å². The molecular weight excluding hydrogens is 352 g/mol. The summed E-state index contributed by atoms with van der Waals surface area (Å²) in [6, 6.07) is 6.06. The molecule has 0 bridgehead atoms. The van der Waals surface area contributed by atoms with E-state index in [1.165, 1.54) is 12.1 Å². The smallest absolute Gasteiger partial charge is 0.151 e. The van der Waals surface area contributed by atoms with Gasteiger partial charge in [-0.15, -0.1) is 0 Å². The number of fused-ring (bicyclic) bond motifs is 1. The van der Waals surface area contributed by atoms with Crippen molar-refractivity contribution >= 4 is 11.5 Å². The molecule has 3 aromatic heterocycles. The van der Waals surface area contributed by atoms with E-state index in [9.17, 15) is 8.78 Å². The van der Waals surface area contributed by atoms with Crippen LogP contribution in [-0.2, 0) is 0 Å². The van der Waals surface area contributed by atoms with Crippen LogP contribution in [-0.4, -0.2) is 45.8 Å². The number of hydrogen-bond acceptors (Lipinski definition) is 5. The lowest BCUT2D eigenvalue weighted by Gasteiger charge is -2.15. The first-order valence-corrected chi connectivity index (χ1v) is 8.93. The number of halogens is 2. The highest BCUT2D eigenvalue weighted by Crippen LogP contribution is 2.26. The maximum atomic E-state index is 14.5. The molecule has 0 saturated carbocycles. The number of aromatic nitrogens is 3. The van der Waals surface area contributed by atoms with Crippen molar-refractivity contribution in [2.45, 2.75) is 32.2 Å². The average molecular weight is 373 g/mol. The second-order valence-electron chi connectivity index (χ2n) is 6.85. The maximum Gasteiger partial charge on any atom is 0.151 e. The van der Waals surface area contributed by atoms with Crippen molar-refractivity contribution in [3.05, 3.63) is 42.5 Å². The van der Waals surface area contributed by atoms with Crippen LogP contribution in [0.1, 0.15) is 13.8 Å². The fourth-order valence-electron chi connectivity index (χ4n) is 3.16. The van der Waals surface area contributed by atoms with Gasteiger partial charge in [0, 0.05) is 25.4 Å². The predicted octanol–water partition coefficient (Wildman–Crippen LogP) is 3.04. The second kappa shape index (κ2) is 7.11. The minimum absolute atomic E-state index is 0.0492. The molecule has 4 rings (SSSR count). The third kappa shape index (κ3) is 3.57. The van der Waals surface area contributed by atoms with Crippen molar-refractivity contribution in [2.75, 3.05) is 18.4 Å². The molecule has 27 heavy (non-hydrogen) atoms. The molecule has 1 saturated heterocycles. The van der Waals surface area contributed by atoms with Crippen LogP contribution in [0.4, 0.5) is 14.6 Å². The summed E-state index contributed by atoms with van der Waals surface area (Å²) in [6.45, 7) is 4.70. The van der Waals surface area contributed by atoms with Gasteiger partial charge in [-0.1, -0.05) is 0 Å². The molecule has 3 aromatic rings. The van der Waals surface area contributed by atoms with Crippen LogP contribution in [0.3, 0.4) is 0 Å². The molecule has 2 atom stereocenters. The summed E-state index contributed by atoms with van der Waals surface area (Å²) in [5.74, 6) is 0.657. The first kappa shape index (κ1) is 17.7. The van der Waals surface area contributed by atoms with Gasteiger partial charge in [0.15, 0.2) is 5.82 Å². The number of nitrogens with zero attached hydrogens (tertiary/aromatic N) is 3. The molecule has 1 aliphatic heterocycles. The number of ether oxygens (including phenoxy) is 1. The molecular formula is C19H21F2N5O. The molecule has 0 aromatic carbocycles. The minimum atomic E-state index is -1.00. The summed E-state index contributed by atoms with van der Waals surface area (Å²) in [6.07, 6.45) is 2.39. The van der Waals surface area contributed by atoms with Gasteiger partial charge in [0.2, 0.25) is 0 Å². The Morgan fingerprint density at radius 3 is 2.89 bits per heavy atom. The van der Waals surface area contributed by atoms with Crippen LogP contribution in [0.25, 0.3) is 17.0 Å². The van der Waals surface area contributed by atoms with E-state index in [0.717, 1.165) is 0 Å². The number of pyridine rings is 2. The number of nitrogens with one attached hydrogen (secondary N) is 2. The second-order valence-corrected chi connectivity index (χ2v) is 6.85. The zero-order valence-electron chi connectivity index (χ0n) is 15.1. The lowest BCUT2D eigenvalue weighted by molar-refractivity contribution is 0.242. The quantitative estimate of drug-likeness (QED) is 0.720. The SMILES string of the molecule is CC(C)Oc1ccn2c(-c3nc(N[C@H]4CNC[C@@H]4F)ccc3F)cnc2c1. The van der Waals surface area contributed by atoms with E-state index in [-0.39, 0.29) is 17.8 Å². The predicted molar refractivity (Wildman–Crippen MR) is 99.3 cm³/mol. The Labute approximate surface area is 155 Å². The van der Waals surface area contributed by atoms with Gasteiger partial charge >= 0.3 is 0 Å². The van der Waals surface area contributed by atoms with Crippen molar-refractivity contribution in [2.24, 2.45) is 0 Å². The van der Waals surface area contributed by atoms with Crippen LogP contribution >= 0.6 is 0 Å². The van der Waals surface area contributed by atoms with Gasteiger partial charge in [0.25, 0.3) is 0 Å². The first-order chi connectivity index (χ1) is 13.0. The van der Waals surface area contributed by atoms with Crippen molar-refractivity contribution in [1.82, 2.24) is 19.7 Å². The Bertz CT molecular complexity index is 958. The summed E-state index contributed by atoms with van der Waals surface area (Å²) < 4.78 is 35.7. The molecule has 0 spiro atoms. The van der Waals surface area contributed by atoms with Gasteiger partial charge in [-0.25, -0.2) is 18.7 Å². The van der Waals surface area contributed by atoms with Crippen molar-refractivity contribution in [3.63, 3.8) is 0 Å². The van der Waals surface area contributed by atoms with Gasteiger partial charge in [-0.05, 0) is 32.0 Å². The largest absolute Gasteiger partial charge is 0.491 e. The molecule has 2 N–H and O–H groups in total. The number of hydrogen-bond donors (Lipinski definition) is 2. The Hall–Kier alpha value is -2.74. The molecule has 0 amide bonds. The molecule has 0 aliphatic carbocycles. The summed E-state index contributed by atoms with van der Waals surface area (Å²) in [4.78, 5) is 8.70. The van der Waals surface area contributed by atoms with E-state index in [4.69, 9.17) is 4.74 Å². The minimum Gasteiger partial charge on any atom is -0.491 e. The van der Waals surface area contributed by atoms with E-state index in [0.29, 0.717) is 36.0 Å². The highest BCUT2D eigenvalue weighted by molar-refractivity contribution is 5.63. The lowest BCUT2D eigenvalue weighted by atomic mass is 10.2. The molecule has 1 fully saturated rings. The third-order valence-electron chi connectivity index (χ3n) is 4.42. The molecule has 8 heteroatoms. The third-order valence-corrected chi connectivity index (χ3v) is 4.42. The standard InChI is InChI=1S/C19H21F2N5O/c1-11(2)27-12-5-6-26-16(10-23-18(26)7-12)19-13(20)3-4-17(25-19)24-15-9-22-8-14(15)21/h3-7,10-11,14-15,22H,8-9H2,1-2H3,(H,24,25)/t14-,15-/m0/s1. The molecule has 4 heterocycles. The summed E-state index contributed by atoms with van der Waals surface area (Å²) in [5, 5.41) is 6.01. The molecule has 142 valence electrons. The molecule has 0 unspecified atom stereocenters. The fourth-order valence-corrected chi connectivity index (χ4v) is 3.16. The Morgan fingerprint density at radius 2 is 2.15 bits per heavy atom. The Morgan fingerprint density at radius 1 is 1.30 bits per heavy atom. The lowest BCUT2D eigenvalue weighted by Crippen LogP contribution is -2.29. The Kier molecular flexibility index (Phi) is 4.65. The molecule has 1 aliphatic rings. The van der Waals surface area contributed by atoms with Crippen LogP contribution < -0.4 is 15.4 Å². The van der Waals surface area contributed by atoms with E-state index in [1.807, 2.05) is 13.8 Å². The molecule has 6 nitrogen and oxygen atoms in total.